The number of anilines is 1. The van der Waals surface area contributed by atoms with E-state index in [4.69, 9.17) is 14.2 Å². The van der Waals surface area contributed by atoms with Crippen LogP contribution in [0, 0.1) is 0 Å². The van der Waals surface area contributed by atoms with Gasteiger partial charge >= 0.3 is 6.01 Å². The van der Waals surface area contributed by atoms with Gasteiger partial charge in [0, 0.05) is 30.3 Å². The molecule has 1 aliphatic rings. The average Bonchev–Trinajstić information content (AvgIpc) is 3.60. The van der Waals surface area contributed by atoms with Crippen LogP contribution in [0.2, 0.25) is 0 Å². The summed E-state index contributed by atoms with van der Waals surface area (Å²) in [7, 11) is 0. The minimum absolute atomic E-state index is 0.255. The predicted molar refractivity (Wildman–Crippen MR) is 118 cm³/mol. The summed E-state index contributed by atoms with van der Waals surface area (Å²) in [4.78, 5) is 11.6. The highest BCUT2D eigenvalue weighted by molar-refractivity contribution is 7.09. The molecule has 1 fully saturated rings. The van der Waals surface area contributed by atoms with Crippen LogP contribution in [0.1, 0.15) is 61.3 Å². The third-order valence-electron chi connectivity index (χ3n) is 5.45. The Morgan fingerprint density at radius 3 is 2.62 bits per heavy atom. The first-order valence-corrected chi connectivity index (χ1v) is 11.5. The van der Waals surface area contributed by atoms with Crippen LogP contribution >= 0.6 is 11.3 Å². The highest BCUT2D eigenvalue weighted by Crippen LogP contribution is 2.34. The van der Waals surface area contributed by atoms with E-state index in [1.807, 2.05) is 35.7 Å². The van der Waals surface area contributed by atoms with Gasteiger partial charge in [-0.05, 0) is 35.4 Å². The molecule has 32 heavy (non-hydrogen) atoms. The Hall–Kier alpha value is -3.34. The Morgan fingerprint density at radius 1 is 1.12 bits per heavy atom. The molecule has 10 nitrogen and oxygen atoms in total. The fraction of sp³-hybridized carbons (Fsp3) is 0.429. The summed E-state index contributed by atoms with van der Waals surface area (Å²) in [5.74, 6) is 2.11. The van der Waals surface area contributed by atoms with E-state index >= 15 is 0 Å². The van der Waals surface area contributed by atoms with Gasteiger partial charge in [-0.1, -0.05) is 37.2 Å². The zero-order valence-electron chi connectivity index (χ0n) is 17.9. The topological polar surface area (TPSA) is 108 Å². The van der Waals surface area contributed by atoms with Crippen LogP contribution in [0.5, 0.6) is 5.75 Å². The molecule has 0 aliphatic carbocycles. The molecule has 166 valence electrons. The Morgan fingerprint density at radius 2 is 1.94 bits per heavy atom. The van der Waals surface area contributed by atoms with E-state index in [2.05, 4.69) is 44.4 Å². The average molecular weight is 453 g/mol. The van der Waals surface area contributed by atoms with Gasteiger partial charge in [-0.15, -0.1) is 16.4 Å². The molecular formula is C21H24N8O2S. The summed E-state index contributed by atoms with van der Waals surface area (Å²) < 4.78 is 13.2. The van der Waals surface area contributed by atoms with Crippen LogP contribution in [0.15, 0.2) is 46.6 Å². The van der Waals surface area contributed by atoms with Crippen molar-refractivity contribution in [3.05, 3.63) is 58.6 Å². The number of nitrogens with zero attached hydrogens (tertiary/aromatic N) is 8. The van der Waals surface area contributed by atoms with Crippen LogP contribution in [0.3, 0.4) is 0 Å². The zero-order valence-corrected chi connectivity index (χ0v) is 18.7. The summed E-state index contributed by atoms with van der Waals surface area (Å²) >= 11 is 1.65. The molecule has 1 aromatic carbocycles. The maximum atomic E-state index is 6.17. The number of piperidine rings is 1. The van der Waals surface area contributed by atoms with Gasteiger partial charge in [-0.2, -0.15) is 9.67 Å². The number of ether oxygens (including phenoxy) is 1. The van der Waals surface area contributed by atoms with Gasteiger partial charge in [0.1, 0.15) is 17.8 Å². The second-order valence-electron chi connectivity index (χ2n) is 8.03. The molecule has 3 aromatic heterocycles. The number of para-hydroxylation sites is 1. The first kappa shape index (κ1) is 20.6. The van der Waals surface area contributed by atoms with Crippen molar-refractivity contribution >= 4 is 17.4 Å². The standard InChI is InChI=1S/C21H24N8O2S/c1-14(2)18-24-21(31-25-18)28-10-8-15(9-11-28)19-23-17(12-32-19)20(29-13-22-26-27-29)30-16-6-4-3-5-7-16/h3-7,12-15,20H,8-11H2,1-2H3. The van der Waals surface area contributed by atoms with Crippen LogP contribution in [0.4, 0.5) is 6.01 Å². The van der Waals surface area contributed by atoms with Crippen LogP contribution in [-0.2, 0) is 0 Å². The number of aromatic nitrogens is 7. The molecule has 0 amide bonds. The lowest BCUT2D eigenvalue weighted by molar-refractivity contribution is 0.152. The SMILES string of the molecule is CC(C)c1noc(N2CCC(c3nc(C(Oc4ccccc4)n4cnnn4)cs3)CC2)n1. The highest BCUT2D eigenvalue weighted by atomic mass is 32.1. The molecular weight excluding hydrogens is 428 g/mol. The van der Waals surface area contributed by atoms with Gasteiger partial charge in [0.2, 0.25) is 6.23 Å². The molecule has 0 radical (unpaired) electrons. The van der Waals surface area contributed by atoms with E-state index in [0.29, 0.717) is 11.9 Å². The molecule has 0 saturated carbocycles. The van der Waals surface area contributed by atoms with Crippen molar-refractivity contribution in [2.75, 3.05) is 18.0 Å². The van der Waals surface area contributed by atoms with Crippen molar-refractivity contribution in [1.29, 1.82) is 0 Å². The quantitative estimate of drug-likeness (QED) is 0.415. The van der Waals surface area contributed by atoms with E-state index in [0.717, 1.165) is 48.2 Å². The van der Waals surface area contributed by atoms with Crippen molar-refractivity contribution in [1.82, 2.24) is 35.3 Å². The van der Waals surface area contributed by atoms with E-state index in [1.165, 1.54) is 0 Å². The minimum Gasteiger partial charge on any atom is -0.463 e. The number of thiazole rings is 1. The molecule has 0 bridgehead atoms. The van der Waals surface area contributed by atoms with Gasteiger partial charge < -0.3 is 14.2 Å². The molecule has 1 saturated heterocycles. The molecule has 0 spiro atoms. The number of tetrazole rings is 1. The summed E-state index contributed by atoms with van der Waals surface area (Å²) in [6.07, 6.45) is 2.97. The second-order valence-corrected chi connectivity index (χ2v) is 8.92. The Bertz CT molecular complexity index is 1120. The fourth-order valence-corrected chi connectivity index (χ4v) is 4.66. The van der Waals surface area contributed by atoms with E-state index in [1.54, 1.807) is 22.3 Å². The summed E-state index contributed by atoms with van der Waals surface area (Å²) in [6, 6.07) is 10.2. The van der Waals surface area contributed by atoms with Gasteiger partial charge in [-0.3, -0.25) is 0 Å². The first-order valence-electron chi connectivity index (χ1n) is 10.7. The summed E-state index contributed by atoms with van der Waals surface area (Å²) in [6.45, 7) is 5.84. The third kappa shape index (κ3) is 4.33. The summed E-state index contributed by atoms with van der Waals surface area (Å²) in [5.41, 5.74) is 0.794. The third-order valence-corrected chi connectivity index (χ3v) is 6.48. The largest absolute Gasteiger partial charge is 0.463 e. The van der Waals surface area contributed by atoms with Crippen LogP contribution < -0.4 is 9.64 Å². The Balaban J connectivity index is 1.28. The van der Waals surface area contributed by atoms with Crippen molar-refractivity contribution < 1.29 is 9.26 Å². The molecule has 5 rings (SSSR count). The van der Waals surface area contributed by atoms with Crippen LogP contribution in [0.25, 0.3) is 0 Å². The van der Waals surface area contributed by atoms with Gasteiger partial charge in [-0.25, -0.2) is 4.98 Å². The molecule has 1 atom stereocenters. The lowest BCUT2D eigenvalue weighted by Gasteiger charge is -2.29. The lowest BCUT2D eigenvalue weighted by atomic mass is 9.98. The van der Waals surface area contributed by atoms with Crippen LogP contribution in [-0.4, -0.2) is 48.4 Å². The molecule has 1 aliphatic heterocycles. The molecule has 4 aromatic rings. The first-order chi connectivity index (χ1) is 15.7. The number of benzene rings is 1. The van der Waals surface area contributed by atoms with Crippen molar-refractivity contribution in [2.24, 2.45) is 0 Å². The molecule has 1 unspecified atom stereocenters. The Kier molecular flexibility index (Phi) is 5.80. The monoisotopic (exact) mass is 452 g/mol. The van der Waals surface area contributed by atoms with E-state index in [9.17, 15) is 0 Å². The lowest BCUT2D eigenvalue weighted by Crippen LogP contribution is -2.33. The van der Waals surface area contributed by atoms with E-state index < -0.39 is 6.23 Å². The minimum atomic E-state index is -0.523. The number of hydrogen-bond donors (Lipinski definition) is 0. The molecule has 4 heterocycles. The van der Waals surface area contributed by atoms with Gasteiger partial charge in [0.25, 0.3) is 0 Å². The predicted octanol–water partition coefficient (Wildman–Crippen LogP) is 3.65. The molecule has 11 heteroatoms. The zero-order chi connectivity index (χ0) is 21.9. The maximum Gasteiger partial charge on any atom is 0.324 e. The number of hydrogen-bond acceptors (Lipinski definition) is 10. The van der Waals surface area contributed by atoms with Crippen molar-refractivity contribution in [3.8, 4) is 5.75 Å². The van der Waals surface area contributed by atoms with Gasteiger partial charge in [0.05, 0.1) is 5.01 Å². The maximum absolute atomic E-state index is 6.17. The number of rotatable bonds is 7. The smallest absolute Gasteiger partial charge is 0.324 e. The van der Waals surface area contributed by atoms with Crippen molar-refractivity contribution in [3.63, 3.8) is 0 Å². The fourth-order valence-electron chi connectivity index (χ4n) is 3.66. The van der Waals surface area contributed by atoms with Crippen molar-refractivity contribution in [2.45, 2.75) is 44.8 Å². The second kappa shape index (κ2) is 9.03. The highest BCUT2D eigenvalue weighted by Gasteiger charge is 2.28. The van der Waals surface area contributed by atoms with E-state index in [-0.39, 0.29) is 5.92 Å². The molecule has 0 N–H and O–H groups in total. The Labute approximate surface area is 189 Å². The van der Waals surface area contributed by atoms with Gasteiger partial charge in [0.15, 0.2) is 5.82 Å². The normalized spacial score (nSPS) is 15.9. The summed E-state index contributed by atoms with van der Waals surface area (Å²) in [5, 5.41) is 18.8.